The Morgan fingerprint density at radius 1 is 0.784 bits per heavy atom. The number of hydrogen-bond acceptors (Lipinski definition) is 8. The van der Waals surface area contributed by atoms with Crippen molar-refractivity contribution in [2.45, 2.75) is 31.3 Å². The number of para-hydroxylation sites is 1. The maximum atomic E-state index is 11.1. The highest BCUT2D eigenvalue weighted by Crippen LogP contribution is 2.38. The normalized spacial score (nSPS) is 18.8. The smallest absolute Gasteiger partial charge is 0.283 e. The van der Waals surface area contributed by atoms with Gasteiger partial charge >= 0.3 is 0 Å². The summed E-state index contributed by atoms with van der Waals surface area (Å²) in [5.41, 5.74) is 1.16. The van der Waals surface area contributed by atoms with Crippen molar-refractivity contribution in [3.05, 3.63) is 108 Å². The van der Waals surface area contributed by atoms with Crippen molar-refractivity contribution in [1.82, 2.24) is 4.90 Å². The number of nitrogens with two attached hydrogens (primary N) is 1. The molecule has 2 heterocycles. The number of quaternary nitrogens is 1. The monoisotopic (exact) mass is 507 g/mol. The van der Waals surface area contributed by atoms with Gasteiger partial charge in [0.1, 0.15) is 11.7 Å². The summed E-state index contributed by atoms with van der Waals surface area (Å²) in [7, 11) is 0. The van der Waals surface area contributed by atoms with Crippen LogP contribution in [-0.4, -0.2) is 32.8 Å². The SMILES string of the molecule is O=[N+]([O-])c1cc([N+](=O)[O-])c([O-])c([N+](=O)[O-])c1.c1ccc(C2CC(N3CCCC3)c3ccccc3[NH2+]2)cc1. The molecule has 2 atom stereocenters. The van der Waals surface area contributed by atoms with Gasteiger partial charge in [-0.1, -0.05) is 48.5 Å². The molecule has 3 aromatic carbocycles. The lowest BCUT2D eigenvalue weighted by Crippen LogP contribution is -2.81. The van der Waals surface area contributed by atoms with Crippen LogP contribution < -0.4 is 10.4 Å². The fraction of sp³-hybridized carbons (Fsp3) is 0.280. The lowest BCUT2D eigenvalue weighted by atomic mass is 9.88. The first-order chi connectivity index (χ1) is 17.8. The van der Waals surface area contributed by atoms with Crippen molar-refractivity contribution in [1.29, 1.82) is 0 Å². The van der Waals surface area contributed by atoms with E-state index in [2.05, 4.69) is 64.8 Å². The second-order valence-corrected chi connectivity index (χ2v) is 8.89. The van der Waals surface area contributed by atoms with Crippen LogP contribution in [0.5, 0.6) is 5.75 Å². The van der Waals surface area contributed by atoms with Crippen LogP contribution >= 0.6 is 0 Å². The maximum absolute atomic E-state index is 11.1. The summed E-state index contributed by atoms with van der Waals surface area (Å²) in [4.78, 5) is 30.2. The summed E-state index contributed by atoms with van der Waals surface area (Å²) in [5, 5.41) is 44.6. The van der Waals surface area contributed by atoms with Gasteiger partial charge in [-0.3, -0.25) is 35.2 Å². The molecule has 0 aromatic heterocycles. The third kappa shape index (κ3) is 5.71. The van der Waals surface area contributed by atoms with Gasteiger partial charge in [0.15, 0.2) is 0 Å². The summed E-state index contributed by atoms with van der Waals surface area (Å²) in [6.45, 7) is 2.53. The zero-order chi connectivity index (χ0) is 26.5. The first-order valence-electron chi connectivity index (χ1n) is 11.8. The quantitative estimate of drug-likeness (QED) is 0.309. The number of likely N-dealkylation sites (tertiary alicyclic amines) is 1. The predicted molar refractivity (Wildman–Crippen MR) is 131 cm³/mol. The summed E-state index contributed by atoms with van der Waals surface area (Å²) >= 11 is 0. The number of benzene rings is 3. The Hall–Kier alpha value is -4.42. The van der Waals surface area contributed by atoms with Crippen LogP contribution in [0.15, 0.2) is 66.7 Å². The molecule has 0 aliphatic carbocycles. The van der Waals surface area contributed by atoms with Gasteiger partial charge in [0, 0.05) is 23.6 Å². The van der Waals surface area contributed by atoms with Crippen molar-refractivity contribution < 1.29 is 25.2 Å². The van der Waals surface area contributed by atoms with Crippen LogP contribution in [0.1, 0.15) is 42.5 Å². The Labute approximate surface area is 211 Å². The molecule has 2 aliphatic rings. The molecule has 2 N–H and O–H groups in total. The number of nitro benzene ring substituents is 3. The van der Waals surface area contributed by atoms with Crippen LogP contribution in [0, 0.1) is 30.3 Å². The zero-order valence-electron chi connectivity index (χ0n) is 19.8. The van der Waals surface area contributed by atoms with Crippen LogP contribution in [-0.2, 0) is 0 Å². The highest BCUT2D eigenvalue weighted by Gasteiger charge is 2.35. The van der Waals surface area contributed by atoms with Crippen LogP contribution in [0.4, 0.5) is 22.7 Å². The minimum atomic E-state index is -1.46. The van der Waals surface area contributed by atoms with E-state index in [1.54, 1.807) is 0 Å². The van der Waals surface area contributed by atoms with Crippen molar-refractivity contribution >= 4 is 22.7 Å². The van der Waals surface area contributed by atoms with Gasteiger partial charge in [-0.2, -0.15) is 0 Å². The van der Waals surface area contributed by atoms with Crippen molar-refractivity contribution in [2.24, 2.45) is 0 Å². The lowest BCUT2D eigenvalue weighted by Gasteiger charge is -2.35. The van der Waals surface area contributed by atoms with Gasteiger partial charge in [-0.15, -0.1) is 0 Å². The summed E-state index contributed by atoms with van der Waals surface area (Å²) < 4.78 is 0. The number of rotatable bonds is 5. The molecule has 0 bridgehead atoms. The van der Waals surface area contributed by atoms with E-state index in [9.17, 15) is 35.4 Å². The molecule has 12 heteroatoms. The standard InChI is InChI=1S/C19H22N2.C6H3N3O7/c1-2-8-15(9-3-1)18-14-19(21-12-6-7-13-21)16-10-4-5-11-17(16)20-18;10-6-4(8(13)14)1-3(7(11)12)2-5(6)9(15)16/h1-5,8-11,18-20H,6-7,12-14H2;1-2,10H. The van der Waals surface area contributed by atoms with Gasteiger partial charge in [0.05, 0.1) is 32.7 Å². The maximum Gasteiger partial charge on any atom is 0.283 e. The average Bonchev–Trinajstić information content (AvgIpc) is 3.43. The lowest BCUT2D eigenvalue weighted by molar-refractivity contribution is -0.625. The Morgan fingerprint density at radius 3 is 1.92 bits per heavy atom. The molecule has 5 rings (SSSR count). The first-order valence-corrected chi connectivity index (χ1v) is 11.8. The first kappa shape index (κ1) is 25.7. The average molecular weight is 508 g/mol. The van der Waals surface area contributed by atoms with E-state index in [1.165, 1.54) is 49.2 Å². The van der Waals surface area contributed by atoms with Crippen LogP contribution in [0.2, 0.25) is 0 Å². The third-order valence-corrected chi connectivity index (χ3v) is 6.66. The molecule has 0 saturated carbocycles. The van der Waals surface area contributed by atoms with E-state index < -0.39 is 37.6 Å². The minimum absolute atomic E-state index is 0.384. The number of nitrogens with zero attached hydrogens (tertiary/aromatic N) is 4. The van der Waals surface area contributed by atoms with Gasteiger partial charge in [-0.05, 0) is 32.0 Å². The minimum Gasteiger partial charge on any atom is -0.863 e. The number of fused-ring (bicyclic) bond motifs is 1. The molecule has 0 amide bonds. The zero-order valence-corrected chi connectivity index (χ0v) is 19.8. The molecule has 1 fully saturated rings. The van der Waals surface area contributed by atoms with Gasteiger partial charge in [0.25, 0.3) is 17.1 Å². The van der Waals surface area contributed by atoms with Crippen LogP contribution in [0.3, 0.4) is 0 Å². The van der Waals surface area contributed by atoms with E-state index in [1.807, 2.05) is 0 Å². The second kappa shape index (κ2) is 11.1. The van der Waals surface area contributed by atoms with Gasteiger partial charge in [-0.25, -0.2) is 0 Å². The second-order valence-electron chi connectivity index (χ2n) is 8.89. The highest BCUT2D eigenvalue weighted by molar-refractivity contribution is 5.64. The third-order valence-electron chi connectivity index (χ3n) is 6.66. The molecule has 1 saturated heterocycles. The Bertz CT molecular complexity index is 1280. The Balaban J connectivity index is 0.000000181. The molecule has 37 heavy (non-hydrogen) atoms. The number of non-ortho nitro benzene ring substituents is 1. The predicted octanol–water partition coefficient (Wildman–Crippen LogP) is 3.65. The van der Waals surface area contributed by atoms with Crippen LogP contribution in [0.25, 0.3) is 0 Å². The molecule has 0 spiro atoms. The molecule has 2 aliphatic heterocycles. The van der Waals surface area contributed by atoms with Gasteiger partial charge in [0.2, 0.25) is 0 Å². The fourth-order valence-electron chi connectivity index (χ4n) is 4.91. The summed E-state index contributed by atoms with van der Waals surface area (Å²) in [5.74, 6) is -1.46. The van der Waals surface area contributed by atoms with E-state index >= 15 is 0 Å². The van der Waals surface area contributed by atoms with E-state index in [0.717, 1.165) is 0 Å². The molecule has 2 unspecified atom stereocenters. The fourth-order valence-corrected chi connectivity index (χ4v) is 4.91. The molecule has 192 valence electrons. The number of nitro groups is 3. The Kier molecular flexibility index (Phi) is 7.70. The Morgan fingerprint density at radius 2 is 1.35 bits per heavy atom. The van der Waals surface area contributed by atoms with E-state index in [0.29, 0.717) is 24.2 Å². The largest absolute Gasteiger partial charge is 0.863 e. The molecular weight excluding hydrogens is 482 g/mol. The molecule has 3 aromatic rings. The molecule has 12 nitrogen and oxygen atoms in total. The van der Waals surface area contributed by atoms with Gasteiger partial charge < -0.3 is 10.4 Å². The highest BCUT2D eigenvalue weighted by atomic mass is 16.6. The van der Waals surface area contributed by atoms with E-state index in [-0.39, 0.29) is 0 Å². The summed E-state index contributed by atoms with van der Waals surface area (Å²) in [6.07, 6.45) is 3.94. The van der Waals surface area contributed by atoms with Crippen molar-refractivity contribution in [3.8, 4) is 5.75 Å². The molecule has 0 radical (unpaired) electrons. The van der Waals surface area contributed by atoms with Crippen molar-refractivity contribution in [2.75, 3.05) is 13.1 Å². The summed E-state index contributed by atoms with van der Waals surface area (Å²) in [6, 6.07) is 21.9. The van der Waals surface area contributed by atoms with E-state index in [4.69, 9.17) is 0 Å². The topological polar surface area (TPSA) is 172 Å². The number of hydrogen-bond donors (Lipinski definition) is 1. The molecular formula is C25H25N5O7. The van der Waals surface area contributed by atoms with Crippen molar-refractivity contribution in [3.63, 3.8) is 0 Å².